The molecule has 1 aliphatic rings. The average molecular weight is 224 g/mol. The SMILES string of the molecule is CN/C(=C\C(=N)C(C)C)N1CCC[C@H](N)C1. The summed E-state index contributed by atoms with van der Waals surface area (Å²) in [7, 11) is 1.90. The van der Waals surface area contributed by atoms with Gasteiger partial charge in [0.2, 0.25) is 0 Å². The molecule has 0 aromatic carbocycles. The lowest BCUT2D eigenvalue weighted by atomic mass is 10.1. The number of nitrogens with one attached hydrogen (secondary N) is 2. The van der Waals surface area contributed by atoms with E-state index >= 15 is 0 Å². The van der Waals surface area contributed by atoms with Crippen LogP contribution < -0.4 is 11.1 Å². The Morgan fingerprint density at radius 2 is 2.25 bits per heavy atom. The van der Waals surface area contributed by atoms with Crippen LogP contribution in [-0.4, -0.2) is 36.8 Å². The minimum atomic E-state index is 0.263. The molecule has 0 aromatic rings. The van der Waals surface area contributed by atoms with Crippen LogP contribution >= 0.6 is 0 Å². The lowest BCUT2D eigenvalue weighted by Crippen LogP contribution is -2.44. The third-order valence-corrected chi connectivity index (χ3v) is 2.97. The summed E-state index contributed by atoms with van der Waals surface area (Å²) in [5.41, 5.74) is 6.61. The summed E-state index contributed by atoms with van der Waals surface area (Å²) < 4.78 is 0. The highest BCUT2D eigenvalue weighted by molar-refractivity contribution is 5.94. The summed E-state index contributed by atoms with van der Waals surface area (Å²) in [6.07, 6.45) is 4.16. The molecule has 0 bridgehead atoms. The molecule has 1 aliphatic heterocycles. The van der Waals surface area contributed by atoms with Gasteiger partial charge in [0, 0.05) is 31.9 Å². The van der Waals surface area contributed by atoms with Crippen molar-refractivity contribution >= 4 is 5.71 Å². The number of allylic oxidation sites excluding steroid dienone is 1. The summed E-state index contributed by atoms with van der Waals surface area (Å²) in [5.74, 6) is 1.29. The highest BCUT2D eigenvalue weighted by Gasteiger charge is 2.18. The standard InChI is InChI=1S/C12H24N4/c1-9(2)11(14)7-12(15-3)16-6-4-5-10(13)8-16/h7,9-10,14-15H,4-6,8,13H2,1-3H3/b12-7+,14-11?/t10-/m0/s1. The van der Waals surface area contributed by atoms with Gasteiger partial charge in [-0.05, 0) is 24.8 Å². The molecule has 1 rings (SSSR count). The van der Waals surface area contributed by atoms with Crippen LogP contribution in [0, 0.1) is 11.3 Å². The Morgan fingerprint density at radius 1 is 1.56 bits per heavy atom. The Kier molecular flexibility index (Phi) is 4.80. The topological polar surface area (TPSA) is 65.1 Å². The van der Waals surface area contributed by atoms with Gasteiger partial charge < -0.3 is 21.4 Å². The van der Waals surface area contributed by atoms with Gasteiger partial charge in [-0.2, -0.15) is 0 Å². The number of hydrogen-bond donors (Lipinski definition) is 3. The van der Waals surface area contributed by atoms with E-state index in [1.807, 2.05) is 27.0 Å². The van der Waals surface area contributed by atoms with Crippen molar-refractivity contribution in [3.63, 3.8) is 0 Å². The predicted octanol–water partition coefficient (Wildman–Crippen LogP) is 1.15. The first-order valence-corrected chi connectivity index (χ1v) is 6.03. The lowest BCUT2D eigenvalue weighted by molar-refractivity contribution is 0.248. The second-order valence-corrected chi connectivity index (χ2v) is 4.74. The fourth-order valence-corrected chi connectivity index (χ4v) is 1.86. The number of hydrogen-bond acceptors (Lipinski definition) is 4. The van der Waals surface area contributed by atoms with E-state index in [4.69, 9.17) is 11.1 Å². The average Bonchev–Trinajstić information content (AvgIpc) is 2.25. The second kappa shape index (κ2) is 5.89. The summed E-state index contributed by atoms with van der Waals surface area (Å²) in [4.78, 5) is 2.24. The summed E-state index contributed by atoms with van der Waals surface area (Å²) in [6.45, 7) is 5.99. The molecule has 0 saturated carbocycles. The van der Waals surface area contributed by atoms with Crippen molar-refractivity contribution in [3.8, 4) is 0 Å². The van der Waals surface area contributed by atoms with Gasteiger partial charge >= 0.3 is 0 Å². The monoisotopic (exact) mass is 224 g/mol. The normalized spacial score (nSPS) is 22.4. The van der Waals surface area contributed by atoms with Crippen LogP contribution in [-0.2, 0) is 0 Å². The van der Waals surface area contributed by atoms with Crippen molar-refractivity contribution < 1.29 is 0 Å². The van der Waals surface area contributed by atoms with Crippen LogP contribution in [0.1, 0.15) is 26.7 Å². The quantitative estimate of drug-likeness (QED) is 0.628. The van der Waals surface area contributed by atoms with Gasteiger partial charge in [-0.3, -0.25) is 0 Å². The molecule has 4 heteroatoms. The number of nitrogens with zero attached hydrogens (tertiary/aromatic N) is 1. The van der Waals surface area contributed by atoms with Gasteiger partial charge in [0.15, 0.2) is 0 Å². The van der Waals surface area contributed by atoms with E-state index in [2.05, 4.69) is 10.2 Å². The van der Waals surface area contributed by atoms with Crippen molar-refractivity contribution in [3.05, 3.63) is 11.9 Å². The molecule has 1 atom stereocenters. The molecular weight excluding hydrogens is 200 g/mol. The van der Waals surface area contributed by atoms with E-state index in [0.717, 1.165) is 31.8 Å². The van der Waals surface area contributed by atoms with Crippen LogP contribution in [0.2, 0.25) is 0 Å². The largest absolute Gasteiger partial charge is 0.375 e. The Hall–Kier alpha value is -1.03. The first kappa shape index (κ1) is 13.0. The zero-order chi connectivity index (χ0) is 12.1. The van der Waals surface area contributed by atoms with Gasteiger partial charge in [0.25, 0.3) is 0 Å². The molecule has 0 spiro atoms. The molecule has 1 heterocycles. The summed E-state index contributed by atoms with van der Waals surface area (Å²) >= 11 is 0. The van der Waals surface area contributed by atoms with Crippen molar-refractivity contribution in [2.75, 3.05) is 20.1 Å². The van der Waals surface area contributed by atoms with Gasteiger partial charge in [-0.25, -0.2) is 0 Å². The van der Waals surface area contributed by atoms with E-state index in [1.165, 1.54) is 0 Å². The van der Waals surface area contributed by atoms with Crippen LogP contribution in [0.3, 0.4) is 0 Å². The molecule has 16 heavy (non-hydrogen) atoms. The van der Waals surface area contributed by atoms with Crippen molar-refractivity contribution in [1.82, 2.24) is 10.2 Å². The smallest absolute Gasteiger partial charge is 0.103 e. The molecule has 0 radical (unpaired) electrons. The van der Waals surface area contributed by atoms with Crippen LogP contribution in [0.4, 0.5) is 0 Å². The molecule has 0 unspecified atom stereocenters. The Bertz CT molecular complexity index is 270. The van der Waals surface area contributed by atoms with Gasteiger partial charge in [-0.15, -0.1) is 0 Å². The summed E-state index contributed by atoms with van der Waals surface area (Å²) in [6, 6.07) is 0.263. The van der Waals surface area contributed by atoms with E-state index in [9.17, 15) is 0 Å². The highest BCUT2D eigenvalue weighted by atomic mass is 15.2. The Morgan fingerprint density at radius 3 is 2.75 bits per heavy atom. The van der Waals surface area contributed by atoms with Crippen molar-refractivity contribution in [1.29, 1.82) is 5.41 Å². The number of likely N-dealkylation sites (tertiary alicyclic amines) is 1. The Balaban J connectivity index is 2.69. The minimum Gasteiger partial charge on any atom is -0.375 e. The number of nitrogens with two attached hydrogens (primary N) is 1. The van der Waals surface area contributed by atoms with E-state index in [0.29, 0.717) is 5.71 Å². The molecule has 1 saturated heterocycles. The number of piperidine rings is 1. The highest BCUT2D eigenvalue weighted by Crippen LogP contribution is 2.13. The molecule has 92 valence electrons. The maximum absolute atomic E-state index is 7.87. The first-order chi connectivity index (χ1) is 7.54. The second-order valence-electron chi connectivity index (χ2n) is 4.74. The van der Waals surface area contributed by atoms with Crippen LogP contribution in [0.15, 0.2) is 11.9 Å². The third-order valence-electron chi connectivity index (χ3n) is 2.97. The van der Waals surface area contributed by atoms with Crippen molar-refractivity contribution in [2.45, 2.75) is 32.7 Å². The fraction of sp³-hybridized carbons (Fsp3) is 0.750. The van der Waals surface area contributed by atoms with E-state index in [-0.39, 0.29) is 12.0 Å². The first-order valence-electron chi connectivity index (χ1n) is 6.03. The molecule has 0 aliphatic carbocycles. The van der Waals surface area contributed by atoms with Crippen molar-refractivity contribution in [2.24, 2.45) is 11.7 Å². The molecule has 4 N–H and O–H groups in total. The van der Waals surface area contributed by atoms with Crippen LogP contribution in [0.5, 0.6) is 0 Å². The zero-order valence-corrected chi connectivity index (χ0v) is 10.6. The van der Waals surface area contributed by atoms with Crippen LogP contribution in [0.25, 0.3) is 0 Å². The molecule has 0 amide bonds. The zero-order valence-electron chi connectivity index (χ0n) is 10.6. The molecule has 0 aromatic heterocycles. The maximum Gasteiger partial charge on any atom is 0.103 e. The minimum absolute atomic E-state index is 0.263. The lowest BCUT2D eigenvalue weighted by Gasteiger charge is -2.34. The van der Waals surface area contributed by atoms with Gasteiger partial charge in [0.05, 0.1) is 0 Å². The number of rotatable bonds is 4. The maximum atomic E-state index is 7.87. The molecule has 4 nitrogen and oxygen atoms in total. The molecule has 1 fully saturated rings. The fourth-order valence-electron chi connectivity index (χ4n) is 1.86. The van der Waals surface area contributed by atoms with E-state index < -0.39 is 0 Å². The Labute approximate surface area is 98.4 Å². The predicted molar refractivity (Wildman–Crippen MR) is 68.5 cm³/mol. The summed E-state index contributed by atoms with van der Waals surface area (Å²) in [5, 5.41) is 11.0. The van der Waals surface area contributed by atoms with Gasteiger partial charge in [-0.1, -0.05) is 13.8 Å². The molecular formula is C12H24N4. The van der Waals surface area contributed by atoms with Gasteiger partial charge in [0.1, 0.15) is 5.82 Å². The third kappa shape index (κ3) is 3.52. The van der Waals surface area contributed by atoms with E-state index in [1.54, 1.807) is 0 Å².